The van der Waals surface area contributed by atoms with Gasteiger partial charge in [0, 0.05) is 11.6 Å². The van der Waals surface area contributed by atoms with Gasteiger partial charge in [-0.05, 0) is 18.1 Å². The first-order valence-electron chi connectivity index (χ1n) is 3.64. The minimum atomic E-state index is -0.577. The summed E-state index contributed by atoms with van der Waals surface area (Å²) in [5.41, 5.74) is 5.74. The van der Waals surface area contributed by atoms with Crippen LogP contribution in [0.1, 0.15) is 5.56 Å². The fourth-order valence-corrected chi connectivity index (χ4v) is 0.911. The molecule has 1 aromatic carbocycles. The third-order valence-corrected chi connectivity index (χ3v) is 1.50. The molecule has 2 N–H and O–H groups in total. The van der Waals surface area contributed by atoms with Gasteiger partial charge in [-0.1, -0.05) is 5.92 Å². The molecule has 0 heterocycles. The fraction of sp³-hybridized carbons (Fsp3) is 0. The van der Waals surface area contributed by atoms with E-state index in [1.807, 2.05) is 0 Å². The molecule has 0 aromatic heterocycles. The number of nitrogens with two attached hydrogens (primary N) is 1. The van der Waals surface area contributed by atoms with Gasteiger partial charge < -0.3 is 5.73 Å². The predicted molar refractivity (Wildman–Crippen MR) is 50.5 cm³/mol. The number of carbonyl (C=O) groups excluding carboxylic acids is 1. The van der Waals surface area contributed by atoms with Crippen LogP contribution in [-0.2, 0) is 4.79 Å². The lowest BCUT2D eigenvalue weighted by molar-refractivity contribution is -0.383. The topological polar surface area (TPSA) is 86.2 Å². The maximum atomic E-state index is 10.4. The van der Waals surface area contributed by atoms with Crippen LogP contribution in [0.2, 0.25) is 0 Å². The number of nitrogens with zero attached hydrogens (tertiary/aromatic N) is 1. The summed E-state index contributed by atoms with van der Waals surface area (Å²) in [6, 6.07) is 4.05. The van der Waals surface area contributed by atoms with Crippen LogP contribution in [0.3, 0.4) is 0 Å². The zero-order chi connectivity index (χ0) is 10.6. The number of hydrogen-bond donors (Lipinski definition) is 1. The maximum absolute atomic E-state index is 10.4. The standard InChI is InChI=1S/C9H6N2O3/c10-8-6-7(2-1-5-12)3-4-9(8)11(13)14/h3-6H,10H2. The van der Waals surface area contributed by atoms with Crippen LogP contribution in [0.25, 0.3) is 0 Å². The van der Waals surface area contributed by atoms with Crippen molar-refractivity contribution in [2.75, 3.05) is 5.73 Å². The normalized spacial score (nSPS) is 8.57. The highest BCUT2D eigenvalue weighted by Gasteiger charge is 2.09. The Morgan fingerprint density at radius 3 is 2.71 bits per heavy atom. The molecule has 0 amide bonds. The number of aldehydes is 1. The van der Waals surface area contributed by atoms with Crippen LogP contribution in [0.5, 0.6) is 0 Å². The lowest BCUT2D eigenvalue weighted by Gasteiger charge is -1.96. The Kier molecular flexibility index (Phi) is 2.82. The van der Waals surface area contributed by atoms with E-state index in [1.165, 1.54) is 18.2 Å². The molecule has 0 saturated carbocycles. The third-order valence-electron chi connectivity index (χ3n) is 1.50. The molecular weight excluding hydrogens is 184 g/mol. The second-order valence-corrected chi connectivity index (χ2v) is 2.42. The first-order valence-corrected chi connectivity index (χ1v) is 3.64. The van der Waals surface area contributed by atoms with Crippen LogP contribution in [0.15, 0.2) is 18.2 Å². The van der Waals surface area contributed by atoms with Crippen molar-refractivity contribution in [3.63, 3.8) is 0 Å². The molecule has 70 valence electrons. The zero-order valence-electron chi connectivity index (χ0n) is 7.06. The van der Waals surface area contributed by atoms with E-state index in [-0.39, 0.29) is 11.4 Å². The molecule has 0 saturated heterocycles. The van der Waals surface area contributed by atoms with Gasteiger partial charge in [0.05, 0.1) is 4.92 Å². The van der Waals surface area contributed by atoms with E-state index in [1.54, 1.807) is 0 Å². The monoisotopic (exact) mass is 190 g/mol. The number of nitro groups is 1. The van der Waals surface area contributed by atoms with Crippen molar-refractivity contribution in [2.24, 2.45) is 0 Å². The zero-order valence-corrected chi connectivity index (χ0v) is 7.06. The van der Waals surface area contributed by atoms with Crippen molar-refractivity contribution in [1.82, 2.24) is 0 Å². The average Bonchev–Trinajstić information content (AvgIpc) is 2.14. The molecule has 0 aliphatic rings. The van der Waals surface area contributed by atoms with E-state index in [9.17, 15) is 14.9 Å². The number of rotatable bonds is 1. The number of hydrogen-bond acceptors (Lipinski definition) is 4. The molecule has 0 aliphatic carbocycles. The van der Waals surface area contributed by atoms with Crippen LogP contribution in [0, 0.1) is 22.0 Å². The van der Waals surface area contributed by atoms with E-state index >= 15 is 0 Å². The molecule has 0 aliphatic heterocycles. The molecule has 0 spiro atoms. The highest BCUT2D eigenvalue weighted by molar-refractivity contribution is 5.74. The van der Waals surface area contributed by atoms with Gasteiger partial charge in [-0.25, -0.2) is 0 Å². The largest absolute Gasteiger partial charge is 0.393 e. The molecular formula is C9H6N2O3. The van der Waals surface area contributed by atoms with Gasteiger partial charge in [-0.2, -0.15) is 0 Å². The highest BCUT2D eigenvalue weighted by atomic mass is 16.6. The first-order chi connectivity index (χ1) is 6.65. The van der Waals surface area contributed by atoms with E-state index < -0.39 is 4.92 Å². The van der Waals surface area contributed by atoms with Crippen molar-refractivity contribution in [3.8, 4) is 11.8 Å². The van der Waals surface area contributed by atoms with E-state index in [2.05, 4.69) is 11.8 Å². The lowest BCUT2D eigenvalue weighted by Crippen LogP contribution is -1.95. The molecule has 5 nitrogen and oxygen atoms in total. The maximum Gasteiger partial charge on any atom is 0.292 e. The summed E-state index contributed by atoms with van der Waals surface area (Å²) in [6.45, 7) is 0. The fourth-order valence-electron chi connectivity index (χ4n) is 0.911. The number of nitrogen functional groups attached to an aromatic ring is 1. The van der Waals surface area contributed by atoms with Crippen LogP contribution in [-0.4, -0.2) is 11.2 Å². The minimum Gasteiger partial charge on any atom is -0.393 e. The Hall–Kier alpha value is -2.35. The minimum absolute atomic E-state index is 0.0349. The molecule has 5 heteroatoms. The van der Waals surface area contributed by atoms with Crippen LogP contribution < -0.4 is 5.73 Å². The number of carbonyl (C=O) groups is 1. The van der Waals surface area contributed by atoms with Gasteiger partial charge in [0.2, 0.25) is 0 Å². The molecule has 0 radical (unpaired) electrons. The quantitative estimate of drug-likeness (QED) is 0.232. The van der Waals surface area contributed by atoms with Crippen molar-refractivity contribution < 1.29 is 9.72 Å². The molecule has 14 heavy (non-hydrogen) atoms. The van der Waals surface area contributed by atoms with Gasteiger partial charge in [0.1, 0.15) is 5.69 Å². The SMILES string of the molecule is Nc1cc(C#CC=O)ccc1[N+](=O)[O-]. The summed E-state index contributed by atoms with van der Waals surface area (Å²) in [5, 5.41) is 10.4. The predicted octanol–water partition coefficient (Wildman–Crippen LogP) is 0.727. The molecule has 0 bridgehead atoms. The summed E-state index contributed by atoms with van der Waals surface area (Å²) < 4.78 is 0. The van der Waals surface area contributed by atoms with Crippen molar-refractivity contribution >= 4 is 17.7 Å². The molecule has 0 unspecified atom stereocenters. The Balaban J connectivity index is 3.12. The van der Waals surface area contributed by atoms with Gasteiger partial charge in [0.25, 0.3) is 5.69 Å². The van der Waals surface area contributed by atoms with Crippen molar-refractivity contribution in [3.05, 3.63) is 33.9 Å². The first kappa shape index (κ1) is 9.74. The Morgan fingerprint density at radius 1 is 1.50 bits per heavy atom. The lowest BCUT2D eigenvalue weighted by atomic mass is 10.2. The number of benzene rings is 1. The summed E-state index contributed by atoms with van der Waals surface area (Å²) in [7, 11) is 0. The Morgan fingerprint density at radius 2 is 2.21 bits per heavy atom. The summed E-state index contributed by atoms with van der Waals surface area (Å²) >= 11 is 0. The molecule has 1 aromatic rings. The van der Waals surface area contributed by atoms with Crippen LogP contribution in [0.4, 0.5) is 11.4 Å². The third kappa shape index (κ3) is 2.08. The van der Waals surface area contributed by atoms with Crippen LogP contribution >= 0.6 is 0 Å². The Bertz CT molecular complexity index is 443. The summed E-state index contributed by atoms with van der Waals surface area (Å²) in [5.74, 6) is 4.67. The summed E-state index contributed by atoms with van der Waals surface area (Å²) in [6.07, 6.45) is 0.442. The molecule has 1 rings (SSSR count). The smallest absolute Gasteiger partial charge is 0.292 e. The number of anilines is 1. The van der Waals surface area contributed by atoms with Crippen molar-refractivity contribution in [2.45, 2.75) is 0 Å². The second kappa shape index (κ2) is 4.05. The van der Waals surface area contributed by atoms with Gasteiger partial charge >= 0.3 is 0 Å². The van der Waals surface area contributed by atoms with Gasteiger partial charge in [-0.15, -0.1) is 0 Å². The molecule has 0 atom stereocenters. The molecule has 0 fully saturated rings. The van der Waals surface area contributed by atoms with Gasteiger partial charge in [0.15, 0.2) is 6.29 Å². The van der Waals surface area contributed by atoms with E-state index in [0.717, 1.165) is 0 Å². The van der Waals surface area contributed by atoms with Gasteiger partial charge in [-0.3, -0.25) is 14.9 Å². The Labute approximate surface area is 79.7 Å². The number of nitro benzene ring substituents is 1. The van der Waals surface area contributed by atoms with E-state index in [4.69, 9.17) is 5.73 Å². The summed E-state index contributed by atoms with van der Waals surface area (Å²) in [4.78, 5) is 19.7. The highest BCUT2D eigenvalue weighted by Crippen LogP contribution is 2.21. The van der Waals surface area contributed by atoms with Crippen molar-refractivity contribution in [1.29, 1.82) is 0 Å². The van der Waals surface area contributed by atoms with E-state index in [0.29, 0.717) is 11.8 Å². The second-order valence-electron chi connectivity index (χ2n) is 2.42. The average molecular weight is 190 g/mol.